The van der Waals surface area contributed by atoms with E-state index in [0.29, 0.717) is 13.1 Å². The number of ether oxygens (including phenoxy) is 1. The first-order chi connectivity index (χ1) is 9.86. The van der Waals surface area contributed by atoms with Crippen LogP contribution in [0.3, 0.4) is 0 Å². The lowest BCUT2D eigenvalue weighted by atomic mass is 10.0. The van der Waals surface area contributed by atoms with E-state index in [4.69, 9.17) is 5.73 Å². The predicted octanol–water partition coefficient (Wildman–Crippen LogP) is -0.625. The lowest BCUT2D eigenvalue weighted by Gasteiger charge is -2.34. The Morgan fingerprint density at radius 3 is 2.43 bits per heavy atom. The van der Waals surface area contributed by atoms with Crippen LogP contribution in [0.25, 0.3) is 0 Å². The second kappa shape index (κ2) is 6.60. The zero-order chi connectivity index (χ0) is 15.6. The standard InChI is InChI=1S/C13H25N3O4S/c1-10(13(17)20-2)21(18,19)16-8-5-12(9-16)15-6-3-11(14)4-7-15/h10-12H,3-9,14H2,1-2H3. The normalized spacial score (nSPS) is 27.7. The summed E-state index contributed by atoms with van der Waals surface area (Å²) in [5, 5.41) is -1.14. The molecule has 2 rings (SSSR count). The van der Waals surface area contributed by atoms with Crippen LogP contribution in [0.1, 0.15) is 26.2 Å². The quantitative estimate of drug-likeness (QED) is 0.694. The van der Waals surface area contributed by atoms with Crippen LogP contribution in [0.2, 0.25) is 0 Å². The minimum Gasteiger partial charge on any atom is -0.468 e. The number of nitrogens with zero attached hydrogens (tertiary/aromatic N) is 2. The Labute approximate surface area is 126 Å². The van der Waals surface area contributed by atoms with Gasteiger partial charge >= 0.3 is 5.97 Å². The van der Waals surface area contributed by atoms with Crippen molar-refractivity contribution in [3.8, 4) is 0 Å². The highest BCUT2D eigenvalue weighted by Gasteiger charge is 2.40. The number of methoxy groups -OCH3 is 1. The fourth-order valence-corrected chi connectivity index (χ4v) is 4.56. The van der Waals surface area contributed by atoms with Gasteiger partial charge in [-0.1, -0.05) is 0 Å². The summed E-state index contributed by atoms with van der Waals surface area (Å²) in [5.74, 6) is -0.706. The van der Waals surface area contributed by atoms with Crippen LogP contribution in [0.5, 0.6) is 0 Å². The first-order valence-corrected chi connectivity index (χ1v) is 8.93. The van der Waals surface area contributed by atoms with Gasteiger partial charge in [-0.05, 0) is 39.3 Å². The van der Waals surface area contributed by atoms with Crippen LogP contribution in [-0.4, -0.2) is 74.2 Å². The highest BCUT2D eigenvalue weighted by Crippen LogP contribution is 2.23. The molecule has 0 saturated carbocycles. The average Bonchev–Trinajstić information content (AvgIpc) is 2.97. The fourth-order valence-electron chi connectivity index (χ4n) is 3.04. The van der Waals surface area contributed by atoms with E-state index in [1.165, 1.54) is 18.3 Å². The molecule has 7 nitrogen and oxygen atoms in total. The van der Waals surface area contributed by atoms with Crippen LogP contribution in [0.15, 0.2) is 0 Å². The molecule has 8 heteroatoms. The van der Waals surface area contributed by atoms with Gasteiger partial charge in [0.2, 0.25) is 10.0 Å². The molecule has 2 N–H and O–H groups in total. The van der Waals surface area contributed by atoms with Crippen molar-refractivity contribution < 1.29 is 17.9 Å². The third kappa shape index (κ3) is 3.56. The van der Waals surface area contributed by atoms with Crippen LogP contribution in [0.4, 0.5) is 0 Å². The van der Waals surface area contributed by atoms with E-state index >= 15 is 0 Å². The van der Waals surface area contributed by atoms with E-state index in [0.717, 1.165) is 32.4 Å². The first-order valence-electron chi connectivity index (χ1n) is 7.42. The molecule has 0 aromatic rings. The maximum absolute atomic E-state index is 12.4. The van der Waals surface area contributed by atoms with Crippen LogP contribution < -0.4 is 5.73 Å². The molecule has 0 spiro atoms. The smallest absolute Gasteiger partial charge is 0.325 e. The van der Waals surface area contributed by atoms with Crippen molar-refractivity contribution in [1.29, 1.82) is 0 Å². The third-order valence-corrected chi connectivity index (χ3v) is 6.69. The van der Waals surface area contributed by atoms with Gasteiger partial charge in [-0.2, -0.15) is 4.31 Å². The number of hydrogen-bond donors (Lipinski definition) is 1. The van der Waals surface area contributed by atoms with E-state index in [-0.39, 0.29) is 12.1 Å². The molecule has 0 bridgehead atoms. The fraction of sp³-hybridized carbons (Fsp3) is 0.923. The Morgan fingerprint density at radius 1 is 1.24 bits per heavy atom. The molecule has 0 aromatic heterocycles. The number of rotatable bonds is 4. The molecular weight excluding hydrogens is 294 g/mol. The maximum Gasteiger partial charge on any atom is 0.325 e. The number of nitrogens with two attached hydrogens (primary N) is 1. The van der Waals surface area contributed by atoms with E-state index in [9.17, 15) is 13.2 Å². The summed E-state index contributed by atoms with van der Waals surface area (Å²) in [4.78, 5) is 13.8. The maximum atomic E-state index is 12.4. The summed E-state index contributed by atoms with van der Waals surface area (Å²) in [6, 6.07) is 0.499. The summed E-state index contributed by atoms with van der Waals surface area (Å²) >= 11 is 0. The molecular formula is C13H25N3O4S. The van der Waals surface area contributed by atoms with Crippen molar-refractivity contribution >= 4 is 16.0 Å². The number of likely N-dealkylation sites (tertiary alicyclic amines) is 1. The molecule has 2 aliphatic rings. The number of carbonyl (C=O) groups is 1. The monoisotopic (exact) mass is 319 g/mol. The van der Waals surface area contributed by atoms with E-state index < -0.39 is 21.2 Å². The largest absolute Gasteiger partial charge is 0.468 e. The Balaban J connectivity index is 1.97. The number of carbonyl (C=O) groups excluding carboxylic acids is 1. The van der Waals surface area contributed by atoms with Crippen LogP contribution in [0, 0.1) is 0 Å². The molecule has 2 heterocycles. The van der Waals surface area contributed by atoms with Gasteiger partial charge in [-0.15, -0.1) is 0 Å². The van der Waals surface area contributed by atoms with Gasteiger partial charge in [0.25, 0.3) is 0 Å². The summed E-state index contributed by atoms with van der Waals surface area (Å²) in [6.07, 6.45) is 2.73. The average molecular weight is 319 g/mol. The summed E-state index contributed by atoms with van der Waals surface area (Å²) in [5.41, 5.74) is 5.90. The molecule has 0 aliphatic carbocycles. The predicted molar refractivity (Wildman–Crippen MR) is 79.2 cm³/mol. The second-order valence-corrected chi connectivity index (χ2v) is 8.14. The molecule has 2 aliphatic heterocycles. The van der Waals surface area contributed by atoms with Gasteiger partial charge in [-0.25, -0.2) is 8.42 Å². The molecule has 2 atom stereocenters. The van der Waals surface area contributed by atoms with Gasteiger partial charge in [-0.3, -0.25) is 9.69 Å². The van der Waals surface area contributed by atoms with Gasteiger partial charge in [0, 0.05) is 25.2 Å². The molecule has 122 valence electrons. The molecule has 2 fully saturated rings. The number of piperidine rings is 1. The molecule has 0 amide bonds. The Bertz CT molecular complexity index is 474. The Hall–Kier alpha value is -0.700. The molecule has 21 heavy (non-hydrogen) atoms. The Morgan fingerprint density at radius 2 is 1.86 bits per heavy atom. The zero-order valence-electron chi connectivity index (χ0n) is 12.7. The molecule has 0 aromatic carbocycles. The van der Waals surface area contributed by atoms with Gasteiger partial charge in [0.1, 0.15) is 0 Å². The van der Waals surface area contributed by atoms with E-state index in [1.54, 1.807) is 0 Å². The minimum atomic E-state index is -3.62. The third-order valence-electron chi connectivity index (χ3n) is 4.56. The van der Waals surface area contributed by atoms with Crippen molar-refractivity contribution in [2.24, 2.45) is 5.73 Å². The summed E-state index contributed by atoms with van der Waals surface area (Å²) in [6.45, 7) is 4.16. The summed E-state index contributed by atoms with van der Waals surface area (Å²) in [7, 11) is -2.42. The van der Waals surface area contributed by atoms with E-state index in [1.807, 2.05) is 0 Å². The van der Waals surface area contributed by atoms with Gasteiger partial charge < -0.3 is 10.5 Å². The topological polar surface area (TPSA) is 92.9 Å². The number of esters is 1. The minimum absolute atomic E-state index is 0.233. The highest BCUT2D eigenvalue weighted by molar-refractivity contribution is 7.90. The van der Waals surface area contributed by atoms with Gasteiger partial charge in [0.05, 0.1) is 7.11 Å². The van der Waals surface area contributed by atoms with Crippen LogP contribution in [-0.2, 0) is 19.6 Å². The highest BCUT2D eigenvalue weighted by atomic mass is 32.2. The van der Waals surface area contributed by atoms with Crippen molar-refractivity contribution in [2.45, 2.75) is 43.5 Å². The lowest BCUT2D eigenvalue weighted by molar-refractivity contribution is -0.139. The SMILES string of the molecule is COC(=O)C(C)S(=O)(=O)N1CCC(N2CCC(N)CC2)C1. The second-order valence-electron chi connectivity index (χ2n) is 5.88. The van der Waals surface area contributed by atoms with E-state index in [2.05, 4.69) is 9.64 Å². The van der Waals surface area contributed by atoms with Crippen LogP contribution >= 0.6 is 0 Å². The summed E-state index contributed by atoms with van der Waals surface area (Å²) < 4.78 is 30.8. The van der Waals surface area contributed by atoms with Crippen molar-refractivity contribution in [3.05, 3.63) is 0 Å². The van der Waals surface area contributed by atoms with Crippen molar-refractivity contribution in [2.75, 3.05) is 33.3 Å². The molecule has 0 radical (unpaired) electrons. The van der Waals surface area contributed by atoms with Crippen molar-refractivity contribution in [1.82, 2.24) is 9.21 Å². The number of sulfonamides is 1. The number of hydrogen-bond acceptors (Lipinski definition) is 6. The first kappa shape index (κ1) is 16.7. The molecule has 2 unspecified atom stereocenters. The Kier molecular flexibility index (Phi) is 5.24. The van der Waals surface area contributed by atoms with Gasteiger partial charge in [0.15, 0.2) is 5.25 Å². The zero-order valence-corrected chi connectivity index (χ0v) is 13.5. The molecule has 2 saturated heterocycles. The lowest BCUT2D eigenvalue weighted by Crippen LogP contribution is -2.47. The van der Waals surface area contributed by atoms with Crippen molar-refractivity contribution in [3.63, 3.8) is 0 Å².